The third kappa shape index (κ3) is 6.48. The fourth-order valence-electron chi connectivity index (χ4n) is 3.50. The number of benzene rings is 1. The van der Waals surface area contributed by atoms with E-state index in [0.29, 0.717) is 31.7 Å². The molecule has 0 amide bonds. The number of ether oxygens (including phenoxy) is 1. The van der Waals surface area contributed by atoms with Crippen LogP contribution in [0.5, 0.6) is 0 Å². The van der Waals surface area contributed by atoms with Gasteiger partial charge >= 0.3 is 0 Å². The minimum atomic E-state index is 0. The highest BCUT2D eigenvalue weighted by Crippen LogP contribution is 2.27. The van der Waals surface area contributed by atoms with Gasteiger partial charge in [0.2, 0.25) is 0 Å². The molecule has 28 heavy (non-hydrogen) atoms. The topological polar surface area (TPSA) is 54.7 Å². The molecule has 1 aliphatic rings. The molecule has 0 aliphatic carbocycles. The van der Waals surface area contributed by atoms with Crippen molar-refractivity contribution >= 4 is 29.9 Å². The van der Waals surface area contributed by atoms with Crippen LogP contribution in [-0.2, 0) is 11.3 Å². The van der Waals surface area contributed by atoms with E-state index >= 15 is 0 Å². The van der Waals surface area contributed by atoms with E-state index < -0.39 is 0 Å². The number of aromatic nitrogens is 2. The maximum absolute atomic E-state index is 5.77. The van der Waals surface area contributed by atoms with Crippen LogP contribution in [0.2, 0.25) is 0 Å². The number of guanidine groups is 1. The van der Waals surface area contributed by atoms with Crippen LogP contribution < -0.4 is 5.32 Å². The van der Waals surface area contributed by atoms with Crippen molar-refractivity contribution < 1.29 is 4.74 Å². The van der Waals surface area contributed by atoms with Crippen LogP contribution in [-0.4, -0.2) is 53.2 Å². The second kappa shape index (κ2) is 12.1. The summed E-state index contributed by atoms with van der Waals surface area (Å²) in [4.78, 5) is 11.4. The molecule has 3 rings (SSSR count). The van der Waals surface area contributed by atoms with Gasteiger partial charge in [0.05, 0.1) is 32.1 Å². The molecule has 2 heterocycles. The van der Waals surface area contributed by atoms with Crippen molar-refractivity contribution in [2.45, 2.75) is 32.9 Å². The van der Waals surface area contributed by atoms with Gasteiger partial charge in [-0.1, -0.05) is 37.3 Å². The van der Waals surface area contributed by atoms with Gasteiger partial charge in [-0.15, -0.1) is 24.0 Å². The lowest BCUT2D eigenvalue weighted by molar-refractivity contribution is 0.128. The summed E-state index contributed by atoms with van der Waals surface area (Å²) in [5.41, 5.74) is 1.20. The van der Waals surface area contributed by atoms with Crippen molar-refractivity contribution in [2.75, 3.05) is 32.8 Å². The monoisotopic (exact) mass is 497 g/mol. The average Bonchev–Trinajstić information content (AvgIpc) is 3.23. The zero-order valence-electron chi connectivity index (χ0n) is 16.8. The zero-order chi connectivity index (χ0) is 18.9. The molecule has 0 saturated carbocycles. The first-order chi connectivity index (χ1) is 13.3. The Kier molecular flexibility index (Phi) is 9.77. The van der Waals surface area contributed by atoms with Crippen molar-refractivity contribution in [2.24, 2.45) is 10.9 Å². The fourth-order valence-corrected chi connectivity index (χ4v) is 3.50. The number of rotatable bonds is 7. The van der Waals surface area contributed by atoms with E-state index in [0.717, 1.165) is 32.0 Å². The van der Waals surface area contributed by atoms with Gasteiger partial charge < -0.3 is 19.5 Å². The number of imidazole rings is 1. The summed E-state index contributed by atoms with van der Waals surface area (Å²) in [5, 5.41) is 3.44. The molecule has 1 saturated heterocycles. The van der Waals surface area contributed by atoms with Gasteiger partial charge in [0.25, 0.3) is 0 Å². The Morgan fingerprint density at radius 3 is 2.86 bits per heavy atom. The SMILES string of the molecule is CCNC(=NCCOCc1ccccc1)N1CCC(C)C(n2ccnc2)C1.I. The molecule has 6 nitrogen and oxygen atoms in total. The van der Waals surface area contributed by atoms with Crippen LogP contribution >= 0.6 is 24.0 Å². The van der Waals surface area contributed by atoms with Crippen LogP contribution in [0.25, 0.3) is 0 Å². The van der Waals surface area contributed by atoms with Gasteiger partial charge in [-0.3, -0.25) is 4.99 Å². The maximum atomic E-state index is 5.77. The van der Waals surface area contributed by atoms with E-state index in [9.17, 15) is 0 Å². The number of likely N-dealkylation sites (tertiary alicyclic amines) is 1. The Balaban J connectivity index is 0.00000280. The van der Waals surface area contributed by atoms with Gasteiger partial charge in [-0.05, 0) is 24.8 Å². The van der Waals surface area contributed by atoms with Crippen molar-refractivity contribution in [1.29, 1.82) is 0 Å². The normalized spacial score (nSPS) is 19.9. The van der Waals surface area contributed by atoms with Gasteiger partial charge in [-0.25, -0.2) is 4.98 Å². The molecule has 154 valence electrons. The second-order valence-electron chi connectivity index (χ2n) is 7.06. The van der Waals surface area contributed by atoms with E-state index in [1.54, 1.807) is 0 Å². The predicted octanol–water partition coefficient (Wildman–Crippen LogP) is 3.57. The Morgan fingerprint density at radius 1 is 1.32 bits per heavy atom. The van der Waals surface area contributed by atoms with Crippen LogP contribution in [0.3, 0.4) is 0 Å². The first kappa shape index (κ1) is 22.7. The van der Waals surface area contributed by atoms with E-state index in [-0.39, 0.29) is 24.0 Å². The standard InChI is InChI=1S/C21H31N5O.HI/c1-3-23-21(24-11-14-27-16-19-7-5-4-6-8-19)25-12-9-18(2)20(15-25)26-13-10-22-17-26;/h4-8,10,13,17-18,20H,3,9,11-12,14-16H2,1-2H3,(H,23,24);1H. The van der Waals surface area contributed by atoms with Gasteiger partial charge in [0.1, 0.15) is 0 Å². The van der Waals surface area contributed by atoms with Gasteiger partial charge in [-0.2, -0.15) is 0 Å². The highest BCUT2D eigenvalue weighted by Gasteiger charge is 2.28. The number of hydrogen-bond donors (Lipinski definition) is 1. The van der Waals surface area contributed by atoms with Crippen molar-refractivity contribution in [1.82, 2.24) is 19.8 Å². The number of nitrogens with one attached hydrogen (secondary N) is 1. The first-order valence-electron chi connectivity index (χ1n) is 9.90. The summed E-state index contributed by atoms with van der Waals surface area (Å²) in [6.07, 6.45) is 6.99. The molecule has 0 spiro atoms. The summed E-state index contributed by atoms with van der Waals surface area (Å²) in [6, 6.07) is 10.7. The van der Waals surface area contributed by atoms with Crippen molar-refractivity contribution in [3.8, 4) is 0 Å². The van der Waals surface area contributed by atoms with Crippen LogP contribution in [0, 0.1) is 5.92 Å². The Labute approximate surface area is 185 Å². The maximum Gasteiger partial charge on any atom is 0.194 e. The highest BCUT2D eigenvalue weighted by atomic mass is 127. The van der Waals surface area contributed by atoms with E-state index in [1.165, 1.54) is 5.56 Å². The molecule has 0 radical (unpaired) electrons. The summed E-state index contributed by atoms with van der Waals surface area (Å²) < 4.78 is 7.99. The van der Waals surface area contributed by atoms with Crippen molar-refractivity contribution in [3.05, 3.63) is 54.6 Å². The largest absolute Gasteiger partial charge is 0.375 e. The molecular weight excluding hydrogens is 465 g/mol. The number of halogens is 1. The average molecular weight is 497 g/mol. The lowest BCUT2D eigenvalue weighted by Crippen LogP contribution is -2.49. The molecule has 2 aromatic rings. The zero-order valence-corrected chi connectivity index (χ0v) is 19.2. The molecule has 1 aliphatic heterocycles. The number of nitrogens with zero attached hydrogens (tertiary/aromatic N) is 4. The molecule has 1 fully saturated rings. The van der Waals surface area contributed by atoms with E-state index in [1.807, 2.05) is 30.7 Å². The molecular formula is C21H32IN5O. The quantitative estimate of drug-likeness (QED) is 0.275. The summed E-state index contributed by atoms with van der Waals surface area (Å²) in [7, 11) is 0. The van der Waals surface area contributed by atoms with Crippen LogP contribution in [0.1, 0.15) is 31.9 Å². The second-order valence-corrected chi connectivity index (χ2v) is 7.06. The predicted molar refractivity (Wildman–Crippen MR) is 124 cm³/mol. The lowest BCUT2D eigenvalue weighted by atomic mass is 9.93. The summed E-state index contributed by atoms with van der Waals surface area (Å²) in [5.74, 6) is 1.62. The first-order valence-corrected chi connectivity index (χ1v) is 9.90. The Morgan fingerprint density at radius 2 is 2.14 bits per heavy atom. The highest BCUT2D eigenvalue weighted by molar-refractivity contribution is 14.0. The van der Waals surface area contributed by atoms with Crippen LogP contribution in [0.15, 0.2) is 54.0 Å². The van der Waals surface area contributed by atoms with Crippen molar-refractivity contribution in [3.63, 3.8) is 0 Å². The number of aliphatic imine (C=N–C) groups is 1. The molecule has 1 aromatic carbocycles. The van der Waals surface area contributed by atoms with E-state index in [2.05, 4.69) is 51.9 Å². The molecule has 2 atom stereocenters. The molecule has 1 aromatic heterocycles. The fraction of sp³-hybridized carbons (Fsp3) is 0.524. The molecule has 0 bridgehead atoms. The smallest absolute Gasteiger partial charge is 0.194 e. The third-order valence-corrected chi connectivity index (χ3v) is 5.07. The summed E-state index contributed by atoms with van der Waals surface area (Å²) >= 11 is 0. The van der Waals surface area contributed by atoms with Crippen LogP contribution in [0.4, 0.5) is 0 Å². The summed E-state index contributed by atoms with van der Waals surface area (Å²) in [6.45, 7) is 9.21. The lowest BCUT2D eigenvalue weighted by Gasteiger charge is -2.39. The molecule has 7 heteroatoms. The third-order valence-electron chi connectivity index (χ3n) is 5.07. The Hall–Kier alpha value is -1.61. The Bertz CT molecular complexity index is 692. The minimum Gasteiger partial charge on any atom is -0.375 e. The van der Waals surface area contributed by atoms with E-state index in [4.69, 9.17) is 9.73 Å². The van der Waals surface area contributed by atoms with Gasteiger partial charge in [0, 0.05) is 32.0 Å². The number of piperidine rings is 1. The molecule has 1 N–H and O–H groups in total. The minimum absolute atomic E-state index is 0. The molecule has 2 unspecified atom stereocenters. The van der Waals surface area contributed by atoms with Gasteiger partial charge in [0.15, 0.2) is 5.96 Å². The number of hydrogen-bond acceptors (Lipinski definition) is 3.